The lowest BCUT2D eigenvalue weighted by molar-refractivity contribution is -0.140. The molecule has 178 valence electrons. The molecule has 1 aliphatic rings. The number of aryl methyl sites for hydroxylation is 1. The van der Waals surface area contributed by atoms with Crippen LogP contribution in [-0.2, 0) is 14.3 Å². The zero-order valence-corrected chi connectivity index (χ0v) is 19.7. The fourth-order valence-electron chi connectivity index (χ4n) is 4.29. The number of carbonyl (C=O) groups excluding carboxylic acids is 3. The molecule has 2 aromatic heterocycles. The van der Waals surface area contributed by atoms with Crippen molar-refractivity contribution in [2.45, 2.75) is 40.7 Å². The molecule has 1 unspecified atom stereocenters. The Morgan fingerprint density at radius 3 is 2.52 bits per heavy atom. The molecule has 1 fully saturated rings. The van der Waals surface area contributed by atoms with E-state index in [4.69, 9.17) is 9.15 Å². The van der Waals surface area contributed by atoms with Crippen molar-refractivity contribution >= 4 is 23.4 Å². The van der Waals surface area contributed by atoms with E-state index in [2.05, 4.69) is 9.88 Å². The number of aliphatic hydroxyl groups is 1. The van der Waals surface area contributed by atoms with Crippen molar-refractivity contribution < 1.29 is 28.6 Å². The number of H-pyrrole nitrogens is 1. The lowest BCUT2D eigenvalue weighted by Crippen LogP contribution is -2.37. The van der Waals surface area contributed by atoms with Crippen LogP contribution in [0.25, 0.3) is 5.76 Å². The van der Waals surface area contributed by atoms with Crippen LogP contribution >= 0.6 is 0 Å². The zero-order valence-electron chi connectivity index (χ0n) is 19.7. The Bertz CT molecular complexity index is 1060. The highest BCUT2D eigenvalue weighted by Crippen LogP contribution is 2.40. The van der Waals surface area contributed by atoms with Gasteiger partial charge in [0.05, 0.1) is 18.4 Å². The van der Waals surface area contributed by atoms with Crippen LogP contribution in [0.4, 0.5) is 0 Å². The monoisotopic (exact) mass is 457 g/mol. The number of aliphatic hydroxyl groups excluding tert-OH is 1. The molecule has 0 aromatic carbocycles. The first-order valence-corrected chi connectivity index (χ1v) is 11.2. The highest BCUT2D eigenvalue weighted by molar-refractivity contribution is 6.46. The first kappa shape index (κ1) is 24.3. The number of nitrogens with one attached hydrogen (secondary N) is 1. The quantitative estimate of drug-likeness (QED) is 0.257. The molecule has 9 heteroatoms. The van der Waals surface area contributed by atoms with E-state index in [-0.39, 0.29) is 23.6 Å². The summed E-state index contributed by atoms with van der Waals surface area (Å²) in [5.74, 6) is -2.00. The van der Waals surface area contributed by atoms with Gasteiger partial charge in [-0.3, -0.25) is 9.59 Å². The van der Waals surface area contributed by atoms with Crippen molar-refractivity contribution in [1.29, 1.82) is 0 Å². The second kappa shape index (κ2) is 10.1. The smallest absolute Gasteiger partial charge is 0.355 e. The number of hydrogen-bond acceptors (Lipinski definition) is 7. The topological polar surface area (TPSA) is 116 Å². The molecule has 0 radical (unpaired) electrons. The van der Waals surface area contributed by atoms with Gasteiger partial charge < -0.3 is 29.0 Å². The van der Waals surface area contributed by atoms with Crippen molar-refractivity contribution in [2.75, 3.05) is 32.8 Å². The molecular weight excluding hydrogens is 426 g/mol. The maximum Gasteiger partial charge on any atom is 0.355 e. The van der Waals surface area contributed by atoms with Gasteiger partial charge in [-0.2, -0.15) is 0 Å². The van der Waals surface area contributed by atoms with E-state index in [0.717, 1.165) is 13.1 Å². The van der Waals surface area contributed by atoms with Gasteiger partial charge >= 0.3 is 5.97 Å². The predicted octanol–water partition coefficient (Wildman–Crippen LogP) is 3.16. The van der Waals surface area contributed by atoms with Gasteiger partial charge in [0.1, 0.15) is 23.3 Å². The van der Waals surface area contributed by atoms with Crippen LogP contribution < -0.4 is 0 Å². The number of nitrogens with zero attached hydrogens (tertiary/aromatic N) is 2. The van der Waals surface area contributed by atoms with E-state index in [9.17, 15) is 19.5 Å². The summed E-state index contributed by atoms with van der Waals surface area (Å²) in [6.07, 6.45) is 1.46. The molecule has 9 nitrogen and oxygen atoms in total. The van der Waals surface area contributed by atoms with Crippen LogP contribution in [-0.4, -0.2) is 70.3 Å². The number of furan rings is 1. The number of likely N-dealkylation sites (tertiary alicyclic amines) is 1. The lowest BCUT2D eigenvalue weighted by Gasteiger charge is -2.26. The van der Waals surface area contributed by atoms with Crippen molar-refractivity contribution in [3.8, 4) is 0 Å². The molecule has 0 spiro atoms. The van der Waals surface area contributed by atoms with Crippen molar-refractivity contribution in [3.05, 3.63) is 52.2 Å². The lowest BCUT2D eigenvalue weighted by atomic mass is 9.97. The Morgan fingerprint density at radius 1 is 1.24 bits per heavy atom. The summed E-state index contributed by atoms with van der Waals surface area (Å²) >= 11 is 0. The number of carbonyl (C=O) groups is 3. The van der Waals surface area contributed by atoms with E-state index in [1.54, 1.807) is 32.9 Å². The summed E-state index contributed by atoms with van der Waals surface area (Å²) in [5, 5.41) is 11.3. The van der Waals surface area contributed by atoms with Crippen LogP contribution in [0.5, 0.6) is 0 Å². The van der Waals surface area contributed by atoms with E-state index in [1.165, 1.54) is 11.2 Å². The van der Waals surface area contributed by atoms with Crippen molar-refractivity contribution in [3.63, 3.8) is 0 Å². The summed E-state index contributed by atoms with van der Waals surface area (Å²) in [6, 6.07) is 2.48. The normalized spacial score (nSPS) is 17.9. The molecule has 3 heterocycles. The number of ketones is 1. The first-order valence-electron chi connectivity index (χ1n) is 11.2. The SMILES string of the molecule is CCOC(=O)c1[nH]c(C)c(C(O)=C2C(=O)C(=O)N(CCN(CC)CC)C2c2ccco2)c1C. The Labute approximate surface area is 193 Å². The second-order valence-corrected chi connectivity index (χ2v) is 7.88. The van der Waals surface area contributed by atoms with Gasteiger partial charge in [0.2, 0.25) is 0 Å². The summed E-state index contributed by atoms with van der Waals surface area (Å²) in [5.41, 5.74) is 1.37. The van der Waals surface area contributed by atoms with Gasteiger partial charge in [-0.05, 0) is 51.6 Å². The van der Waals surface area contributed by atoms with E-state index in [0.29, 0.717) is 35.7 Å². The molecule has 2 aromatic rings. The third kappa shape index (κ3) is 4.45. The molecular formula is C24H31N3O6. The maximum atomic E-state index is 13.1. The van der Waals surface area contributed by atoms with Gasteiger partial charge in [0, 0.05) is 24.3 Å². The number of esters is 1. The number of ether oxygens (including phenoxy) is 1. The molecule has 1 atom stereocenters. The Hall–Kier alpha value is -3.33. The average molecular weight is 458 g/mol. The predicted molar refractivity (Wildman–Crippen MR) is 122 cm³/mol. The van der Waals surface area contributed by atoms with E-state index >= 15 is 0 Å². The molecule has 33 heavy (non-hydrogen) atoms. The first-order chi connectivity index (χ1) is 15.8. The molecule has 1 amide bonds. The van der Waals surface area contributed by atoms with E-state index < -0.39 is 23.7 Å². The van der Waals surface area contributed by atoms with Crippen molar-refractivity contribution in [1.82, 2.24) is 14.8 Å². The maximum absolute atomic E-state index is 13.1. The van der Waals surface area contributed by atoms with Gasteiger partial charge in [-0.1, -0.05) is 13.8 Å². The number of Topliss-reactive ketones (excluding diaryl/α,β-unsaturated/α-hetero) is 1. The summed E-state index contributed by atoms with van der Waals surface area (Å²) in [7, 11) is 0. The summed E-state index contributed by atoms with van der Waals surface area (Å²) < 4.78 is 10.6. The zero-order chi connectivity index (χ0) is 24.3. The Kier molecular flexibility index (Phi) is 7.43. The highest BCUT2D eigenvalue weighted by atomic mass is 16.5. The number of rotatable bonds is 9. The molecule has 1 saturated heterocycles. The minimum Gasteiger partial charge on any atom is -0.507 e. The fraction of sp³-hybridized carbons (Fsp3) is 0.458. The van der Waals surface area contributed by atoms with Crippen LogP contribution in [0.2, 0.25) is 0 Å². The average Bonchev–Trinajstić information content (AvgIpc) is 3.48. The molecule has 1 aliphatic heterocycles. The minimum atomic E-state index is -0.865. The molecule has 0 bridgehead atoms. The second-order valence-electron chi connectivity index (χ2n) is 7.88. The highest BCUT2D eigenvalue weighted by Gasteiger charge is 2.47. The number of aromatic nitrogens is 1. The Morgan fingerprint density at radius 2 is 1.94 bits per heavy atom. The fourth-order valence-corrected chi connectivity index (χ4v) is 4.29. The minimum absolute atomic E-state index is 0.0601. The summed E-state index contributed by atoms with van der Waals surface area (Å²) in [4.78, 5) is 44.9. The summed E-state index contributed by atoms with van der Waals surface area (Å²) in [6.45, 7) is 11.8. The number of hydrogen-bond donors (Lipinski definition) is 2. The molecule has 3 rings (SSSR count). The van der Waals surface area contributed by atoms with Gasteiger partial charge in [0.25, 0.3) is 11.7 Å². The third-order valence-corrected chi connectivity index (χ3v) is 6.06. The van der Waals surface area contributed by atoms with Crippen LogP contribution in [0.1, 0.15) is 59.9 Å². The number of aromatic amines is 1. The number of likely N-dealkylation sites (N-methyl/N-ethyl adjacent to an activating group) is 1. The van der Waals surface area contributed by atoms with Crippen LogP contribution in [0, 0.1) is 13.8 Å². The molecule has 0 aliphatic carbocycles. The standard InChI is InChI=1S/C24H31N3O6/c1-6-26(7-2)11-12-27-20(16-10-9-13-33-16)18(22(29)23(27)30)21(28)17-14(4)19(25-15(17)5)24(31)32-8-3/h9-10,13,20,25,28H,6-8,11-12H2,1-5H3. The molecule has 0 saturated carbocycles. The largest absolute Gasteiger partial charge is 0.507 e. The van der Waals surface area contributed by atoms with Gasteiger partial charge in [0.15, 0.2) is 0 Å². The molecule has 2 N–H and O–H groups in total. The number of amides is 1. The third-order valence-electron chi connectivity index (χ3n) is 6.06. The van der Waals surface area contributed by atoms with Crippen molar-refractivity contribution in [2.24, 2.45) is 0 Å². The van der Waals surface area contributed by atoms with Crippen LogP contribution in [0.3, 0.4) is 0 Å². The van der Waals surface area contributed by atoms with Gasteiger partial charge in [-0.15, -0.1) is 0 Å². The van der Waals surface area contributed by atoms with E-state index in [1.807, 2.05) is 13.8 Å². The van der Waals surface area contributed by atoms with Gasteiger partial charge in [-0.25, -0.2) is 4.79 Å². The Balaban J connectivity index is 2.11. The van der Waals surface area contributed by atoms with Crippen LogP contribution in [0.15, 0.2) is 28.4 Å².